The van der Waals surface area contributed by atoms with Crippen LogP contribution in [0, 0.1) is 11.8 Å². The average molecular weight is 304 g/mol. The summed E-state index contributed by atoms with van der Waals surface area (Å²) >= 11 is 0. The maximum atomic E-state index is 12.2. The molecule has 1 aliphatic carbocycles. The van der Waals surface area contributed by atoms with Gasteiger partial charge < -0.3 is 15.0 Å². The summed E-state index contributed by atoms with van der Waals surface area (Å²) in [6, 6.07) is 7.59. The minimum Gasteiger partial charge on any atom is -0.496 e. The lowest BCUT2D eigenvalue weighted by atomic mass is 10.2. The molecule has 1 aliphatic rings. The summed E-state index contributed by atoms with van der Waals surface area (Å²) in [6.07, 6.45) is 0.660. The van der Waals surface area contributed by atoms with Gasteiger partial charge in [-0.1, -0.05) is 18.2 Å². The maximum absolute atomic E-state index is 12.2. The van der Waals surface area contributed by atoms with Crippen LogP contribution in [-0.2, 0) is 16.1 Å². The van der Waals surface area contributed by atoms with Gasteiger partial charge in [-0.05, 0) is 26.3 Å². The van der Waals surface area contributed by atoms with Gasteiger partial charge in [0.1, 0.15) is 5.75 Å². The first-order valence-corrected chi connectivity index (χ1v) is 7.80. The van der Waals surface area contributed by atoms with Gasteiger partial charge >= 0.3 is 0 Å². The summed E-state index contributed by atoms with van der Waals surface area (Å²) in [4.78, 5) is 26.1. The second kappa shape index (κ2) is 7.29. The van der Waals surface area contributed by atoms with Crippen molar-refractivity contribution in [2.75, 3.05) is 20.2 Å². The van der Waals surface area contributed by atoms with E-state index < -0.39 is 0 Å². The number of nitrogens with zero attached hydrogens (tertiary/aromatic N) is 1. The van der Waals surface area contributed by atoms with Crippen molar-refractivity contribution in [3.05, 3.63) is 29.8 Å². The van der Waals surface area contributed by atoms with E-state index in [1.165, 1.54) is 0 Å². The van der Waals surface area contributed by atoms with Crippen LogP contribution in [0.1, 0.15) is 25.8 Å². The van der Waals surface area contributed by atoms with Crippen LogP contribution < -0.4 is 10.1 Å². The molecule has 0 radical (unpaired) electrons. The topological polar surface area (TPSA) is 58.6 Å². The van der Waals surface area contributed by atoms with Crippen molar-refractivity contribution in [3.8, 4) is 5.75 Å². The highest BCUT2D eigenvalue weighted by Gasteiger charge is 2.49. The number of benzene rings is 1. The molecule has 5 heteroatoms. The van der Waals surface area contributed by atoms with Gasteiger partial charge in [-0.2, -0.15) is 0 Å². The Morgan fingerprint density at radius 1 is 1.23 bits per heavy atom. The Labute approximate surface area is 131 Å². The Kier molecular flexibility index (Phi) is 5.41. The zero-order chi connectivity index (χ0) is 16.1. The van der Waals surface area contributed by atoms with Crippen molar-refractivity contribution in [1.29, 1.82) is 0 Å². The highest BCUT2D eigenvalue weighted by Crippen LogP contribution is 2.40. The van der Waals surface area contributed by atoms with Crippen LogP contribution >= 0.6 is 0 Å². The van der Waals surface area contributed by atoms with E-state index in [2.05, 4.69) is 5.32 Å². The molecule has 120 valence electrons. The summed E-state index contributed by atoms with van der Waals surface area (Å²) in [7, 11) is 1.61. The Morgan fingerprint density at radius 2 is 1.91 bits per heavy atom. The Bertz CT molecular complexity index is 540. The average Bonchev–Trinajstić information content (AvgIpc) is 3.34. The Hall–Kier alpha value is -2.04. The fourth-order valence-electron chi connectivity index (χ4n) is 2.69. The third-order valence-corrected chi connectivity index (χ3v) is 4.17. The normalized spacial score (nSPS) is 19.4. The quantitative estimate of drug-likeness (QED) is 0.836. The van der Waals surface area contributed by atoms with Gasteiger partial charge in [0.15, 0.2) is 0 Å². The summed E-state index contributed by atoms with van der Waals surface area (Å²) in [5.74, 6) is 0.494. The van der Waals surface area contributed by atoms with Gasteiger partial charge in [0.2, 0.25) is 11.8 Å². The fourth-order valence-corrected chi connectivity index (χ4v) is 2.69. The van der Waals surface area contributed by atoms with Crippen LogP contribution in [0.3, 0.4) is 0 Å². The molecule has 0 spiro atoms. The second-order valence-corrected chi connectivity index (χ2v) is 5.49. The number of carbonyl (C=O) groups excluding carboxylic acids is 2. The number of hydrogen-bond acceptors (Lipinski definition) is 3. The van der Waals surface area contributed by atoms with E-state index in [0.717, 1.165) is 11.3 Å². The molecule has 1 aromatic rings. The zero-order valence-corrected chi connectivity index (χ0v) is 13.5. The Balaban J connectivity index is 1.86. The number of amides is 2. The van der Waals surface area contributed by atoms with Gasteiger partial charge in [-0.25, -0.2) is 0 Å². The smallest absolute Gasteiger partial charge is 0.226 e. The molecule has 2 amide bonds. The van der Waals surface area contributed by atoms with Crippen LogP contribution in [0.2, 0.25) is 0 Å². The second-order valence-electron chi connectivity index (χ2n) is 5.49. The monoisotopic (exact) mass is 304 g/mol. The lowest BCUT2D eigenvalue weighted by Crippen LogP contribution is -2.34. The molecule has 2 unspecified atom stereocenters. The molecule has 2 atom stereocenters. The lowest BCUT2D eigenvalue weighted by molar-refractivity contribution is -0.134. The number of rotatable bonds is 7. The van der Waals surface area contributed by atoms with Crippen molar-refractivity contribution in [3.63, 3.8) is 0 Å². The molecule has 0 heterocycles. The molecule has 0 aromatic heterocycles. The molecular weight excluding hydrogens is 280 g/mol. The van der Waals surface area contributed by atoms with Crippen LogP contribution in [0.25, 0.3) is 0 Å². The lowest BCUT2D eigenvalue weighted by Gasteiger charge is -2.18. The predicted octanol–water partition coefficient (Wildman–Crippen LogP) is 1.82. The van der Waals surface area contributed by atoms with Crippen molar-refractivity contribution < 1.29 is 14.3 Å². The van der Waals surface area contributed by atoms with Crippen LogP contribution in [0.5, 0.6) is 5.75 Å². The zero-order valence-electron chi connectivity index (χ0n) is 13.5. The number of ether oxygens (including phenoxy) is 1. The van der Waals surface area contributed by atoms with Gasteiger partial charge in [0.25, 0.3) is 0 Å². The van der Waals surface area contributed by atoms with Crippen molar-refractivity contribution in [2.24, 2.45) is 11.8 Å². The summed E-state index contributed by atoms with van der Waals surface area (Å²) < 4.78 is 5.26. The van der Waals surface area contributed by atoms with Crippen LogP contribution in [0.4, 0.5) is 0 Å². The number of para-hydroxylation sites is 1. The largest absolute Gasteiger partial charge is 0.496 e. The summed E-state index contributed by atoms with van der Waals surface area (Å²) in [5.41, 5.74) is 0.936. The first-order chi connectivity index (χ1) is 10.6. The molecule has 0 aliphatic heterocycles. The minimum absolute atomic E-state index is 0.0450. The third-order valence-electron chi connectivity index (χ3n) is 4.17. The molecule has 2 rings (SSSR count). The van der Waals surface area contributed by atoms with Crippen LogP contribution in [-0.4, -0.2) is 36.9 Å². The highest BCUT2D eigenvalue weighted by atomic mass is 16.5. The van der Waals surface area contributed by atoms with Gasteiger partial charge in [-0.3, -0.25) is 9.59 Å². The van der Waals surface area contributed by atoms with Gasteiger partial charge in [0.05, 0.1) is 18.9 Å². The molecule has 5 nitrogen and oxygen atoms in total. The molecule has 1 saturated carbocycles. The van der Waals surface area contributed by atoms with E-state index in [-0.39, 0.29) is 23.7 Å². The van der Waals surface area contributed by atoms with E-state index in [9.17, 15) is 9.59 Å². The number of nitrogens with one attached hydrogen (secondary N) is 1. The molecule has 0 bridgehead atoms. The highest BCUT2D eigenvalue weighted by molar-refractivity contribution is 5.92. The van der Waals surface area contributed by atoms with E-state index >= 15 is 0 Å². The Morgan fingerprint density at radius 3 is 2.55 bits per heavy atom. The van der Waals surface area contributed by atoms with Crippen molar-refractivity contribution >= 4 is 11.8 Å². The molecule has 1 N–H and O–H groups in total. The van der Waals surface area contributed by atoms with Gasteiger partial charge in [-0.15, -0.1) is 0 Å². The number of methoxy groups -OCH3 is 1. The van der Waals surface area contributed by atoms with Gasteiger partial charge in [0, 0.05) is 25.2 Å². The SMILES string of the molecule is CCN(CC)C(=O)C1CC1C(=O)NCc1ccccc1OC. The number of carbonyl (C=O) groups is 2. The maximum Gasteiger partial charge on any atom is 0.226 e. The first-order valence-electron chi connectivity index (χ1n) is 7.80. The molecule has 1 aromatic carbocycles. The molecular formula is C17H24N2O3. The molecule has 0 saturated heterocycles. The third kappa shape index (κ3) is 3.59. The fraction of sp³-hybridized carbons (Fsp3) is 0.529. The summed E-state index contributed by atoms with van der Waals surface area (Å²) in [6.45, 7) is 5.73. The first kappa shape index (κ1) is 16.3. The van der Waals surface area contributed by atoms with E-state index in [1.807, 2.05) is 38.1 Å². The van der Waals surface area contributed by atoms with E-state index in [4.69, 9.17) is 4.74 Å². The molecule has 1 fully saturated rings. The van der Waals surface area contributed by atoms with E-state index in [0.29, 0.717) is 26.1 Å². The van der Waals surface area contributed by atoms with E-state index in [1.54, 1.807) is 12.0 Å². The van der Waals surface area contributed by atoms with Crippen LogP contribution in [0.15, 0.2) is 24.3 Å². The predicted molar refractivity (Wildman–Crippen MR) is 84.4 cm³/mol. The van der Waals surface area contributed by atoms with Crippen molar-refractivity contribution in [1.82, 2.24) is 10.2 Å². The summed E-state index contributed by atoms with van der Waals surface area (Å²) in [5, 5.41) is 2.91. The number of hydrogen-bond donors (Lipinski definition) is 1. The molecule has 22 heavy (non-hydrogen) atoms. The standard InChI is InChI=1S/C17H24N2O3/c1-4-19(5-2)17(21)14-10-13(14)16(20)18-11-12-8-6-7-9-15(12)22-3/h6-9,13-14H,4-5,10-11H2,1-3H3,(H,18,20). The minimum atomic E-state index is -0.178. The van der Waals surface area contributed by atoms with Crippen molar-refractivity contribution in [2.45, 2.75) is 26.8 Å².